The van der Waals surface area contributed by atoms with Gasteiger partial charge in [-0.3, -0.25) is 14.4 Å². The Morgan fingerprint density at radius 2 is 2.00 bits per heavy atom. The summed E-state index contributed by atoms with van der Waals surface area (Å²) in [6.07, 6.45) is 1.37. The number of carbonyl (C=O) groups excluding carboxylic acids is 3. The molecule has 0 aliphatic carbocycles. The lowest BCUT2D eigenvalue weighted by atomic mass is 10.1. The van der Waals surface area contributed by atoms with Crippen LogP contribution in [-0.2, 0) is 16.1 Å². The van der Waals surface area contributed by atoms with Crippen LogP contribution in [0.1, 0.15) is 22.5 Å². The molecule has 1 aromatic carbocycles. The Hall–Kier alpha value is -3.09. The molecule has 1 atom stereocenters. The Kier molecular flexibility index (Phi) is 4.09. The van der Waals surface area contributed by atoms with Gasteiger partial charge in [0.25, 0.3) is 5.91 Å². The van der Waals surface area contributed by atoms with E-state index >= 15 is 0 Å². The van der Waals surface area contributed by atoms with Crippen LogP contribution in [-0.4, -0.2) is 23.8 Å². The van der Waals surface area contributed by atoms with E-state index in [0.29, 0.717) is 17.0 Å². The van der Waals surface area contributed by atoms with Gasteiger partial charge in [-0.05, 0) is 24.3 Å². The van der Waals surface area contributed by atoms with Crippen molar-refractivity contribution < 1.29 is 18.8 Å². The first-order valence-electron chi connectivity index (χ1n) is 7.13. The third kappa shape index (κ3) is 3.39. The summed E-state index contributed by atoms with van der Waals surface area (Å²) >= 11 is 0. The Morgan fingerprint density at radius 3 is 2.78 bits per heavy atom. The first-order valence-corrected chi connectivity index (χ1v) is 7.13. The minimum Gasteiger partial charge on any atom is -0.467 e. The highest BCUT2D eigenvalue weighted by molar-refractivity contribution is 6.10. The molecule has 118 valence electrons. The van der Waals surface area contributed by atoms with Crippen molar-refractivity contribution in [2.75, 3.05) is 5.32 Å². The second-order valence-corrected chi connectivity index (χ2v) is 5.12. The van der Waals surface area contributed by atoms with Crippen LogP contribution in [0.3, 0.4) is 0 Å². The minimum absolute atomic E-state index is 0.147. The number of amides is 3. The largest absolute Gasteiger partial charge is 0.467 e. The van der Waals surface area contributed by atoms with E-state index in [1.165, 1.54) is 6.26 Å². The summed E-state index contributed by atoms with van der Waals surface area (Å²) in [6.45, 7) is 0.231. The molecule has 23 heavy (non-hydrogen) atoms. The van der Waals surface area contributed by atoms with Crippen LogP contribution in [0.4, 0.5) is 5.69 Å². The Labute approximate surface area is 132 Å². The second kappa shape index (κ2) is 6.35. The molecule has 0 fully saturated rings. The third-order valence-electron chi connectivity index (χ3n) is 3.48. The average Bonchev–Trinajstić information content (AvgIpc) is 3.02. The summed E-state index contributed by atoms with van der Waals surface area (Å²) in [7, 11) is 0. The van der Waals surface area contributed by atoms with E-state index in [2.05, 4.69) is 16.0 Å². The molecule has 3 amide bonds. The molecule has 7 heteroatoms. The highest BCUT2D eigenvalue weighted by Crippen LogP contribution is 2.18. The van der Waals surface area contributed by atoms with E-state index in [1.807, 2.05) is 0 Å². The molecular formula is C16H15N3O4. The van der Waals surface area contributed by atoms with Crippen molar-refractivity contribution in [3.63, 3.8) is 0 Å². The van der Waals surface area contributed by atoms with Crippen LogP contribution in [0.15, 0.2) is 47.1 Å². The fourth-order valence-electron chi connectivity index (χ4n) is 2.31. The molecule has 1 aromatic heterocycles. The van der Waals surface area contributed by atoms with Gasteiger partial charge >= 0.3 is 0 Å². The molecule has 2 aromatic rings. The predicted molar refractivity (Wildman–Crippen MR) is 81.5 cm³/mol. The lowest BCUT2D eigenvalue weighted by Crippen LogP contribution is -2.44. The normalized spacial score (nSPS) is 16.8. The summed E-state index contributed by atoms with van der Waals surface area (Å²) in [5.41, 5.74) is 0.813. The summed E-state index contributed by atoms with van der Waals surface area (Å²) in [4.78, 5) is 36.3. The number of nitrogens with one attached hydrogen (secondary N) is 3. The van der Waals surface area contributed by atoms with Crippen molar-refractivity contribution in [2.24, 2.45) is 0 Å². The average molecular weight is 313 g/mol. The third-order valence-corrected chi connectivity index (χ3v) is 3.48. The fourth-order valence-corrected chi connectivity index (χ4v) is 2.31. The van der Waals surface area contributed by atoms with Gasteiger partial charge in [-0.1, -0.05) is 12.1 Å². The molecule has 3 N–H and O–H groups in total. The predicted octanol–water partition coefficient (Wildman–Crippen LogP) is 1.04. The van der Waals surface area contributed by atoms with Gasteiger partial charge in [0.1, 0.15) is 11.8 Å². The van der Waals surface area contributed by atoms with Crippen LogP contribution in [0, 0.1) is 0 Å². The molecule has 7 nitrogen and oxygen atoms in total. The van der Waals surface area contributed by atoms with E-state index in [9.17, 15) is 14.4 Å². The van der Waals surface area contributed by atoms with Crippen molar-refractivity contribution in [1.29, 1.82) is 0 Å². The maximum atomic E-state index is 12.2. The quantitative estimate of drug-likeness (QED) is 0.785. The molecule has 1 aliphatic heterocycles. The standard InChI is InChI=1S/C16H15N3O4/c20-14(17-9-10-4-3-7-23-10)8-13-16(22)18-12-6-2-1-5-11(12)15(21)19-13/h1-7,13H,8-9H2,(H,17,20)(H,18,22)(H,19,21)/t13-/m0/s1. The summed E-state index contributed by atoms with van der Waals surface area (Å²) in [5, 5.41) is 7.88. The molecule has 0 spiro atoms. The molecule has 0 radical (unpaired) electrons. The van der Waals surface area contributed by atoms with Gasteiger partial charge in [0.15, 0.2) is 0 Å². The van der Waals surface area contributed by atoms with Gasteiger partial charge in [0, 0.05) is 0 Å². The van der Waals surface area contributed by atoms with E-state index < -0.39 is 11.9 Å². The van der Waals surface area contributed by atoms with E-state index in [0.717, 1.165) is 0 Å². The number of anilines is 1. The van der Waals surface area contributed by atoms with Crippen LogP contribution >= 0.6 is 0 Å². The lowest BCUT2D eigenvalue weighted by Gasteiger charge is -2.14. The van der Waals surface area contributed by atoms with Crippen molar-refractivity contribution in [3.05, 3.63) is 54.0 Å². The highest BCUT2D eigenvalue weighted by Gasteiger charge is 2.29. The number of hydrogen-bond donors (Lipinski definition) is 3. The number of carbonyl (C=O) groups is 3. The minimum atomic E-state index is -0.925. The zero-order valence-electron chi connectivity index (χ0n) is 12.2. The van der Waals surface area contributed by atoms with Crippen molar-refractivity contribution in [3.8, 4) is 0 Å². The van der Waals surface area contributed by atoms with Crippen molar-refractivity contribution in [2.45, 2.75) is 19.0 Å². The first kappa shape index (κ1) is 14.8. The summed E-state index contributed by atoms with van der Waals surface area (Å²) in [6, 6.07) is 9.22. The number of rotatable bonds is 4. The SMILES string of the molecule is O=C(C[C@@H]1NC(=O)c2ccccc2NC1=O)NCc1ccco1. The Bertz CT molecular complexity index is 740. The summed E-state index contributed by atoms with van der Waals surface area (Å²) < 4.78 is 5.11. The van der Waals surface area contributed by atoms with E-state index in [1.54, 1.807) is 36.4 Å². The van der Waals surface area contributed by atoms with Crippen molar-refractivity contribution in [1.82, 2.24) is 10.6 Å². The number of para-hydroxylation sites is 1. The zero-order valence-corrected chi connectivity index (χ0v) is 12.2. The fraction of sp³-hybridized carbons (Fsp3) is 0.188. The second-order valence-electron chi connectivity index (χ2n) is 5.12. The van der Waals surface area contributed by atoms with Crippen LogP contribution < -0.4 is 16.0 Å². The number of fused-ring (bicyclic) bond motifs is 1. The van der Waals surface area contributed by atoms with Gasteiger partial charge < -0.3 is 20.4 Å². The number of hydrogen-bond acceptors (Lipinski definition) is 4. The van der Waals surface area contributed by atoms with Crippen molar-refractivity contribution >= 4 is 23.4 Å². The van der Waals surface area contributed by atoms with Crippen LogP contribution in [0.5, 0.6) is 0 Å². The molecule has 3 rings (SSSR count). The maximum Gasteiger partial charge on any atom is 0.254 e. The van der Waals surface area contributed by atoms with Gasteiger partial charge in [0.05, 0.1) is 30.5 Å². The molecule has 0 saturated carbocycles. The smallest absolute Gasteiger partial charge is 0.254 e. The van der Waals surface area contributed by atoms with E-state index in [4.69, 9.17) is 4.42 Å². The highest BCUT2D eigenvalue weighted by atomic mass is 16.3. The van der Waals surface area contributed by atoms with Gasteiger partial charge in [-0.2, -0.15) is 0 Å². The van der Waals surface area contributed by atoms with Crippen LogP contribution in [0.2, 0.25) is 0 Å². The van der Waals surface area contributed by atoms with E-state index in [-0.39, 0.29) is 24.8 Å². The lowest BCUT2D eigenvalue weighted by molar-refractivity contribution is -0.125. The maximum absolute atomic E-state index is 12.2. The molecule has 1 aliphatic rings. The molecule has 0 saturated heterocycles. The zero-order chi connectivity index (χ0) is 16.2. The Balaban J connectivity index is 1.63. The molecule has 2 heterocycles. The van der Waals surface area contributed by atoms with Gasteiger partial charge in [-0.25, -0.2) is 0 Å². The molecule has 0 bridgehead atoms. The van der Waals surface area contributed by atoms with Crippen LogP contribution in [0.25, 0.3) is 0 Å². The summed E-state index contributed by atoms with van der Waals surface area (Å²) in [5.74, 6) is -0.549. The Morgan fingerprint density at radius 1 is 1.17 bits per heavy atom. The number of furan rings is 1. The van der Waals surface area contributed by atoms with Gasteiger partial charge in [-0.15, -0.1) is 0 Å². The monoisotopic (exact) mass is 313 g/mol. The number of benzene rings is 1. The molecule has 0 unspecified atom stereocenters. The first-order chi connectivity index (χ1) is 11.1. The molecular weight excluding hydrogens is 298 g/mol. The van der Waals surface area contributed by atoms with Gasteiger partial charge in [0.2, 0.25) is 11.8 Å². The topological polar surface area (TPSA) is 100 Å².